The van der Waals surface area contributed by atoms with Crippen LogP contribution in [0.1, 0.15) is 17.7 Å². The second-order valence-electron chi connectivity index (χ2n) is 7.24. The first kappa shape index (κ1) is 25.6. The van der Waals surface area contributed by atoms with Gasteiger partial charge in [0.1, 0.15) is 35.7 Å². The number of nitrogens with zero attached hydrogens (tertiary/aromatic N) is 1. The molecule has 0 aromatic heterocycles. The zero-order valence-electron chi connectivity index (χ0n) is 18.3. The average molecular weight is 510 g/mol. The van der Waals surface area contributed by atoms with Crippen LogP contribution in [0.3, 0.4) is 0 Å². The van der Waals surface area contributed by atoms with Gasteiger partial charge < -0.3 is 25.2 Å². The van der Waals surface area contributed by atoms with E-state index in [1.54, 1.807) is 30.3 Å². The van der Waals surface area contributed by atoms with Gasteiger partial charge in [-0.3, -0.25) is 24.1 Å². The molecule has 0 saturated carbocycles. The van der Waals surface area contributed by atoms with Gasteiger partial charge in [0.15, 0.2) is 0 Å². The van der Waals surface area contributed by atoms with Gasteiger partial charge in [0.2, 0.25) is 5.91 Å². The van der Waals surface area contributed by atoms with Crippen molar-refractivity contribution in [3.05, 3.63) is 47.2 Å². The Morgan fingerprint density at radius 2 is 1.97 bits per heavy atom. The second kappa shape index (κ2) is 11.4. The van der Waals surface area contributed by atoms with Crippen molar-refractivity contribution in [1.82, 2.24) is 15.5 Å². The molecule has 13 heteroatoms. The Kier molecular flexibility index (Phi) is 8.58. The Hall–Kier alpha value is -3.03. The van der Waals surface area contributed by atoms with E-state index in [9.17, 15) is 29.1 Å². The van der Waals surface area contributed by atoms with E-state index in [0.29, 0.717) is 11.1 Å². The van der Waals surface area contributed by atoms with Crippen molar-refractivity contribution in [2.24, 2.45) is 0 Å². The number of carbonyl (C=O) groups excluding carboxylic acids is 4. The zero-order chi connectivity index (χ0) is 24.8. The predicted molar refractivity (Wildman–Crippen MR) is 123 cm³/mol. The number of thioether (sulfide) groups is 2. The Morgan fingerprint density at radius 3 is 2.59 bits per heavy atom. The number of nitrogens with one attached hydrogen (secondary N) is 2. The molecule has 1 fully saturated rings. The van der Waals surface area contributed by atoms with Gasteiger partial charge in [-0.05, 0) is 17.3 Å². The van der Waals surface area contributed by atoms with Gasteiger partial charge in [0.25, 0.3) is 11.1 Å². The number of ether oxygens (including phenoxy) is 2. The van der Waals surface area contributed by atoms with Crippen molar-refractivity contribution in [2.75, 3.05) is 26.2 Å². The number of fused-ring (bicyclic) bond motifs is 1. The van der Waals surface area contributed by atoms with Gasteiger partial charge >= 0.3 is 11.9 Å². The normalized spacial score (nSPS) is 20.1. The number of aliphatic carboxylic acids is 1. The lowest BCUT2D eigenvalue weighted by Gasteiger charge is -2.49. The van der Waals surface area contributed by atoms with Crippen LogP contribution in [0.15, 0.2) is 41.6 Å². The number of amides is 3. The van der Waals surface area contributed by atoms with Gasteiger partial charge in [0.05, 0.1) is 0 Å². The summed E-state index contributed by atoms with van der Waals surface area (Å²) < 4.78 is 9.73. The number of hydrogen-bond donors (Lipinski definition) is 3. The molecule has 2 aliphatic heterocycles. The van der Waals surface area contributed by atoms with E-state index in [4.69, 9.17) is 9.47 Å². The molecule has 3 amide bonds. The SMILES string of the molecule is COCNC(=O)SC(C(=O)N[C@H]1C(=O)N2C(C(=O)O)=C(COC(C)=O)CSC12)c1ccccc1. The maximum absolute atomic E-state index is 13.1. The van der Waals surface area contributed by atoms with Crippen LogP contribution >= 0.6 is 23.5 Å². The molecule has 0 bridgehead atoms. The second-order valence-corrected chi connectivity index (χ2v) is 9.42. The number of carbonyl (C=O) groups is 5. The highest BCUT2D eigenvalue weighted by atomic mass is 32.2. The third kappa shape index (κ3) is 5.72. The highest BCUT2D eigenvalue weighted by molar-refractivity contribution is 8.14. The molecule has 3 rings (SSSR count). The van der Waals surface area contributed by atoms with Crippen LogP contribution in [0.5, 0.6) is 0 Å². The van der Waals surface area contributed by atoms with Crippen LogP contribution in [0.25, 0.3) is 0 Å². The van der Waals surface area contributed by atoms with Crippen LogP contribution in [0, 0.1) is 0 Å². The molecular weight excluding hydrogens is 486 g/mol. The molecule has 182 valence electrons. The summed E-state index contributed by atoms with van der Waals surface area (Å²) in [5, 5.41) is 12.8. The van der Waals surface area contributed by atoms with Gasteiger partial charge in [-0.25, -0.2) is 4.79 Å². The molecule has 1 aromatic carbocycles. The first-order chi connectivity index (χ1) is 16.2. The Balaban J connectivity index is 1.75. The monoisotopic (exact) mass is 509 g/mol. The Bertz CT molecular complexity index is 1020. The standard InChI is InChI=1S/C21H23N3O8S2/c1-11(25)32-8-13-9-33-19-14(18(27)24(19)15(13)20(28)29)23-17(26)16(12-6-4-3-5-7-12)34-21(30)22-10-31-2/h3-7,14,16,19H,8-10H2,1-2H3,(H,22,30)(H,23,26)(H,28,29)/t14-,16?,19?/m0/s1. The first-order valence-corrected chi connectivity index (χ1v) is 12.0. The molecule has 1 aromatic rings. The highest BCUT2D eigenvalue weighted by Crippen LogP contribution is 2.41. The van der Waals surface area contributed by atoms with Crippen LogP contribution in [-0.2, 0) is 28.7 Å². The summed E-state index contributed by atoms with van der Waals surface area (Å²) in [6.45, 7) is 0.946. The fraction of sp³-hybridized carbons (Fsp3) is 0.381. The van der Waals surface area contributed by atoms with Crippen molar-refractivity contribution < 1.29 is 38.6 Å². The van der Waals surface area contributed by atoms with E-state index < -0.39 is 45.7 Å². The van der Waals surface area contributed by atoms with Crippen molar-refractivity contribution in [1.29, 1.82) is 0 Å². The molecule has 1 saturated heterocycles. The number of carboxylic acids is 1. The summed E-state index contributed by atoms with van der Waals surface area (Å²) in [5.74, 6) is -2.83. The van der Waals surface area contributed by atoms with Crippen molar-refractivity contribution >= 4 is 52.5 Å². The van der Waals surface area contributed by atoms with Crippen LogP contribution in [0.2, 0.25) is 0 Å². The molecule has 0 radical (unpaired) electrons. The molecule has 0 aliphatic carbocycles. The summed E-state index contributed by atoms with van der Waals surface area (Å²) in [6.07, 6.45) is 0. The lowest BCUT2D eigenvalue weighted by Crippen LogP contribution is -2.70. The minimum absolute atomic E-state index is 0.0241. The number of carboxylic acid groups (broad SMARTS) is 1. The number of rotatable bonds is 9. The Morgan fingerprint density at radius 1 is 1.26 bits per heavy atom. The number of β-lactam (4-membered cyclic amide) rings is 1. The number of hydrogen-bond acceptors (Lipinski definition) is 9. The van der Waals surface area contributed by atoms with Crippen LogP contribution < -0.4 is 10.6 Å². The average Bonchev–Trinajstić information content (AvgIpc) is 2.82. The lowest BCUT2D eigenvalue weighted by atomic mass is 10.0. The van der Waals surface area contributed by atoms with E-state index >= 15 is 0 Å². The molecule has 34 heavy (non-hydrogen) atoms. The summed E-state index contributed by atoms with van der Waals surface area (Å²) >= 11 is 2.00. The zero-order valence-corrected chi connectivity index (χ0v) is 19.9. The number of benzene rings is 1. The topological polar surface area (TPSA) is 151 Å². The first-order valence-electron chi connectivity index (χ1n) is 10.1. The van der Waals surface area contributed by atoms with Crippen molar-refractivity contribution in [2.45, 2.75) is 23.6 Å². The van der Waals surface area contributed by atoms with E-state index in [-0.39, 0.29) is 24.8 Å². The summed E-state index contributed by atoms with van der Waals surface area (Å²) in [6, 6.07) is 7.65. The fourth-order valence-electron chi connectivity index (χ4n) is 3.39. The molecule has 2 heterocycles. The highest BCUT2D eigenvalue weighted by Gasteiger charge is 2.54. The molecule has 3 N–H and O–H groups in total. The quantitative estimate of drug-likeness (QED) is 0.250. The van der Waals surface area contributed by atoms with E-state index in [1.807, 2.05) is 0 Å². The van der Waals surface area contributed by atoms with E-state index in [0.717, 1.165) is 16.7 Å². The molecule has 2 unspecified atom stereocenters. The number of esters is 1. The Labute approximate surface area is 203 Å². The minimum Gasteiger partial charge on any atom is -0.477 e. The van der Waals surface area contributed by atoms with Crippen LogP contribution in [0.4, 0.5) is 4.79 Å². The molecule has 11 nitrogen and oxygen atoms in total. The third-order valence-corrected chi connectivity index (χ3v) is 7.34. The van der Waals surface area contributed by atoms with Gasteiger partial charge in [0, 0.05) is 25.4 Å². The van der Waals surface area contributed by atoms with Crippen molar-refractivity contribution in [3.63, 3.8) is 0 Å². The minimum atomic E-state index is -1.32. The van der Waals surface area contributed by atoms with Gasteiger partial charge in [-0.2, -0.15) is 0 Å². The third-order valence-electron chi connectivity index (χ3n) is 4.92. The number of methoxy groups -OCH3 is 1. The van der Waals surface area contributed by atoms with E-state index in [2.05, 4.69) is 10.6 Å². The summed E-state index contributed by atoms with van der Waals surface area (Å²) in [7, 11) is 1.42. The van der Waals surface area contributed by atoms with Crippen LogP contribution in [-0.4, -0.2) is 76.6 Å². The van der Waals surface area contributed by atoms with Gasteiger partial charge in [-0.15, -0.1) is 11.8 Å². The predicted octanol–water partition coefficient (Wildman–Crippen LogP) is 1.08. The fourth-order valence-corrected chi connectivity index (χ4v) is 5.54. The maximum Gasteiger partial charge on any atom is 0.352 e. The molecule has 0 spiro atoms. The molecule has 2 aliphatic rings. The smallest absolute Gasteiger partial charge is 0.352 e. The van der Waals surface area contributed by atoms with Gasteiger partial charge in [-0.1, -0.05) is 30.3 Å². The lowest BCUT2D eigenvalue weighted by molar-refractivity contribution is -0.151. The molecular formula is C21H23N3O8S2. The largest absolute Gasteiger partial charge is 0.477 e. The van der Waals surface area contributed by atoms with Crippen molar-refractivity contribution in [3.8, 4) is 0 Å². The summed E-state index contributed by atoms with van der Waals surface area (Å²) in [5.41, 5.74) is 0.621. The summed E-state index contributed by atoms with van der Waals surface area (Å²) in [4.78, 5) is 62.2. The maximum atomic E-state index is 13.1. The molecule has 3 atom stereocenters. The van der Waals surface area contributed by atoms with E-state index in [1.165, 1.54) is 25.8 Å².